The Hall–Kier alpha value is -2.47. The molecule has 0 amide bonds. The number of nitrogen functional groups attached to an aromatic ring is 1. The Bertz CT molecular complexity index is 757. The monoisotopic (exact) mass is 290 g/mol. The molecule has 20 heavy (non-hydrogen) atoms. The number of benzene rings is 1. The van der Waals surface area contributed by atoms with E-state index in [1.807, 2.05) is 0 Å². The number of aromatic nitrogens is 3. The highest BCUT2D eigenvalue weighted by atomic mass is 35.5. The largest absolute Gasteiger partial charge is 0.416 e. The van der Waals surface area contributed by atoms with Crippen molar-refractivity contribution in [3.05, 3.63) is 47.4 Å². The summed E-state index contributed by atoms with van der Waals surface area (Å²) in [6.45, 7) is 0. The van der Waals surface area contributed by atoms with E-state index in [0.29, 0.717) is 22.0 Å². The molecular weight excluding hydrogens is 283 g/mol. The fraction of sp³-hybridized carbons (Fsp3) is 0. The Labute approximate surface area is 118 Å². The molecule has 0 saturated carbocycles. The van der Waals surface area contributed by atoms with E-state index in [9.17, 15) is 4.39 Å². The van der Waals surface area contributed by atoms with E-state index in [1.54, 1.807) is 18.2 Å². The van der Waals surface area contributed by atoms with E-state index in [1.165, 1.54) is 18.3 Å². The molecule has 0 aliphatic carbocycles. The van der Waals surface area contributed by atoms with Crippen LogP contribution in [0.15, 0.2) is 40.9 Å². The Morgan fingerprint density at radius 3 is 2.55 bits per heavy atom. The quantitative estimate of drug-likeness (QED) is 0.784. The minimum Gasteiger partial charge on any atom is -0.416 e. The van der Waals surface area contributed by atoms with Gasteiger partial charge in [-0.15, -0.1) is 10.2 Å². The van der Waals surface area contributed by atoms with Gasteiger partial charge < -0.3 is 10.2 Å². The SMILES string of the molecule is Nc1cc(-c2nnc(-c3ccc(F)cc3)o2)c(Cl)cn1. The Morgan fingerprint density at radius 2 is 1.80 bits per heavy atom. The lowest BCUT2D eigenvalue weighted by molar-refractivity contribution is 0.584. The molecule has 0 fully saturated rings. The van der Waals surface area contributed by atoms with Gasteiger partial charge >= 0.3 is 0 Å². The normalized spacial score (nSPS) is 10.7. The molecule has 3 rings (SSSR count). The van der Waals surface area contributed by atoms with Gasteiger partial charge in [0.25, 0.3) is 0 Å². The first-order chi connectivity index (χ1) is 9.63. The van der Waals surface area contributed by atoms with E-state index in [-0.39, 0.29) is 17.6 Å². The predicted octanol–water partition coefficient (Wildman–Crippen LogP) is 3.17. The van der Waals surface area contributed by atoms with Gasteiger partial charge in [0.1, 0.15) is 11.6 Å². The second kappa shape index (κ2) is 4.90. The first-order valence-corrected chi connectivity index (χ1v) is 6.02. The van der Waals surface area contributed by atoms with Crippen molar-refractivity contribution >= 4 is 17.4 Å². The molecule has 0 saturated heterocycles. The Balaban J connectivity index is 2.01. The first kappa shape index (κ1) is 12.6. The van der Waals surface area contributed by atoms with Crippen LogP contribution in [0.4, 0.5) is 10.2 Å². The van der Waals surface area contributed by atoms with Crippen LogP contribution in [-0.2, 0) is 0 Å². The van der Waals surface area contributed by atoms with Crippen LogP contribution in [0.3, 0.4) is 0 Å². The van der Waals surface area contributed by atoms with E-state index in [4.69, 9.17) is 21.8 Å². The molecule has 2 N–H and O–H groups in total. The van der Waals surface area contributed by atoms with E-state index < -0.39 is 0 Å². The van der Waals surface area contributed by atoms with Crippen LogP contribution >= 0.6 is 11.6 Å². The summed E-state index contributed by atoms with van der Waals surface area (Å²) in [6, 6.07) is 7.28. The lowest BCUT2D eigenvalue weighted by Crippen LogP contribution is -1.90. The Morgan fingerprint density at radius 1 is 1.10 bits per heavy atom. The molecule has 0 atom stereocenters. The second-order valence-electron chi connectivity index (χ2n) is 4.01. The average molecular weight is 291 g/mol. The number of halogens is 2. The summed E-state index contributed by atoms with van der Waals surface area (Å²) in [4.78, 5) is 3.85. The van der Waals surface area contributed by atoms with Crippen molar-refractivity contribution in [2.24, 2.45) is 0 Å². The van der Waals surface area contributed by atoms with Crippen LogP contribution in [0, 0.1) is 5.82 Å². The summed E-state index contributed by atoms with van der Waals surface area (Å²) in [5, 5.41) is 8.17. The topological polar surface area (TPSA) is 77.8 Å². The highest BCUT2D eigenvalue weighted by Gasteiger charge is 2.14. The molecule has 1 aromatic carbocycles. The summed E-state index contributed by atoms with van der Waals surface area (Å²) in [6.07, 6.45) is 1.41. The minimum atomic E-state index is -0.335. The summed E-state index contributed by atoms with van der Waals surface area (Å²) >= 11 is 6.01. The van der Waals surface area contributed by atoms with Gasteiger partial charge in [-0.1, -0.05) is 11.6 Å². The maximum atomic E-state index is 12.9. The zero-order chi connectivity index (χ0) is 14.1. The van der Waals surface area contributed by atoms with Crippen molar-refractivity contribution in [2.75, 3.05) is 5.73 Å². The predicted molar refractivity (Wildman–Crippen MR) is 72.3 cm³/mol. The summed E-state index contributed by atoms with van der Waals surface area (Å²) in [7, 11) is 0. The molecule has 100 valence electrons. The lowest BCUT2D eigenvalue weighted by atomic mass is 10.2. The second-order valence-corrected chi connectivity index (χ2v) is 4.42. The zero-order valence-electron chi connectivity index (χ0n) is 10.0. The maximum Gasteiger partial charge on any atom is 0.249 e. The van der Waals surface area contributed by atoms with Gasteiger partial charge in [0.05, 0.1) is 10.6 Å². The third-order valence-corrected chi connectivity index (χ3v) is 2.92. The van der Waals surface area contributed by atoms with Gasteiger partial charge in [-0.3, -0.25) is 0 Å². The van der Waals surface area contributed by atoms with Crippen LogP contribution in [0.1, 0.15) is 0 Å². The fourth-order valence-corrected chi connectivity index (χ4v) is 1.84. The van der Waals surface area contributed by atoms with Crippen LogP contribution in [0.2, 0.25) is 5.02 Å². The average Bonchev–Trinajstić information content (AvgIpc) is 2.92. The number of pyridine rings is 1. The van der Waals surface area contributed by atoms with Crippen LogP contribution in [0.5, 0.6) is 0 Å². The van der Waals surface area contributed by atoms with E-state index in [0.717, 1.165) is 0 Å². The van der Waals surface area contributed by atoms with Gasteiger partial charge in [0.15, 0.2) is 0 Å². The van der Waals surface area contributed by atoms with Gasteiger partial charge in [-0.05, 0) is 30.3 Å². The molecule has 0 unspecified atom stereocenters. The molecule has 0 aliphatic heterocycles. The first-order valence-electron chi connectivity index (χ1n) is 5.64. The number of anilines is 1. The van der Waals surface area contributed by atoms with E-state index >= 15 is 0 Å². The van der Waals surface area contributed by atoms with Crippen molar-refractivity contribution in [1.29, 1.82) is 0 Å². The summed E-state index contributed by atoms with van der Waals surface area (Å²) in [5.41, 5.74) is 6.71. The van der Waals surface area contributed by atoms with Gasteiger partial charge in [-0.2, -0.15) is 0 Å². The van der Waals surface area contributed by atoms with Crippen molar-refractivity contribution in [1.82, 2.24) is 15.2 Å². The number of nitrogens with zero attached hydrogens (tertiary/aromatic N) is 3. The molecule has 0 spiro atoms. The molecule has 5 nitrogen and oxygen atoms in total. The highest BCUT2D eigenvalue weighted by molar-refractivity contribution is 6.33. The van der Waals surface area contributed by atoms with Crippen molar-refractivity contribution in [3.8, 4) is 22.9 Å². The van der Waals surface area contributed by atoms with Gasteiger partial charge in [0.2, 0.25) is 11.8 Å². The number of hydrogen-bond donors (Lipinski definition) is 1. The smallest absolute Gasteiger partial charge is 0.249 e. The van der Waals surface area contributed by atoms with Crippen molar-refractivity contribution in [2.45, 2.75) is 0 Å². The molecule has 3 aromatic rings. The minimum absolute atomic E-state index is 0.225. The summed E-state index contributed by atoms with van der Waals surface area (Å²) in [5.74, 6) is 0.458. The third-order valence-electron chi connectivity index (χ3n) is 2.62. The van der Waals surface area contributed by atoms with Gasteiger partial charge in [-0.25, -0.2) is 9.37 Å². The maximum absolute atomic E-state index is 12.9. The number of hydrogen-bond acceptors (Lipinski definition) is 5. The van der Waals surface area contributed by atoms with Crippen molar-refractivity contribution < 1.29 is 8.81 Å². The van der Waals surface area contributed by atoms with Crippen LogP contribution in [-0.4, -0.2) is 15.2 Å². The Kier molecular flexibility index (Phi) is 3.08. The summed E-state index contributed by atoms with van der Waals surface area (Å²) < 4.78 is 18.4. The fourth-order valence-electron chi connectivity index (χ4n) is 1.66. The third kappa shape index (κ3) is 2.33. The molecule has 7 heteroatoms. The highest BCUT2D eigenvalue weighted by Crippen LogP contribution is 2.29. The van der Waals surface area contributed by atoms with Crippen molar-refractivity contribution in [3.63, 3.8) is 0 Å². The lowest BCUT2D eigenvalue weighted by Gasteiger charge is -1.99. The van der Waals surface area contributed by atoms with Crippen LogP contribution in [0.25, 0.3) is 22.9 Å². The number of nitrogens with two attached hydrogens (primary N) is 1. The molecule has 0 bridgehead atoms. The standard InChI is InChI=1S/C13H8ClFN4O/c14-10-6-17-11(16)5-9(10)13-19-18-12(20-13)7-1-3-8(15)4-2-7/h1-6H,(H2,16,17). The van der Waals surface area contributed by atoms with Gasteiger partial charge in [0, 0.05) is 11.8 Å². The van der Waals surface area contributed by atoms with E-state index in [2.05, 4.69) is 15.2 Å². The zero-order valence-corrected chi connectivity index (χ0v) is 10.8. The van der Waals surface area contributed by atoms with Crippen LogP contribution < -0.4 is 5.73 Å². The number of rotatable bonds is 2. The molecule has 0 radical (unpaired) electrons. The molecule has 2 heterocycles. The molecule has 2 aromatic heterocycles. The molecule has 0 aliphatic rings. The molecular formula is C13H8ClFN4O.